The molecule has 3 aromatic rings. The van der Waals surface area contributed by atoms with E-state index in [0.717, 1.165) is 22.3 Å². The molecule has 0 saturated heterocycles. The fourth-order valence-corrected chi connectivity index (χ4v) is 6.19. The maximum absolute atomic E-state index is 14.0. The zero-order chi connectivity index (χ0) is 31.2. The van der Waals surface area contributed by atoms with Gasteiger partial charge < -0.3 is 10.5 Å². The van der Waals surface area contributed by atoms with Crippen molar-refractivity contribution in [1.29, 1.82) is 5.26 Å². The third-order valence-electron chi connectivity index (χ3n) is 7.98. The van der Waals surface area contributed by atoms with Crippen LogP contribution in [0.5, 0.6) is 5.75 Å². The van der Waals surface area contributed by atoms with Crippen molar-refractivity contribution in [2.75, 3.05) is 4.90 Å². The summed E-state index contributed by atoms with van der Waals surface area (Å²) in [5.41, 5.74) is 10.9. The van der Waals surface area contributed by atoms with Gasteiger partial charge in [-0.1, -0.05) is 43.1 Å². The third-order valence-corrected chi connectivity index (χ3v) is 8.30. The molecule has 1 aliphatic carbocycles. The molecule has 0 saturated carbocycles. The summed E-state index contributed by atoms with van der Waals surface area (Å²) >= 11 is 6.10. The molecule has 1 unspecified atom stereocenters. The van der Waals surface area contributed by atoms with Crippen molar-refractivity contribution in [1.82, 2.24) is 0 Å². The Morgan fingerprint density at radius 1 is 1.16 bits per heavy atom. The van der Waals surface area contributed by atoms with Crippen molar-refractivity contribution in [3.05, 3.63) is 120 Å². The molecule has 5 rings (SSSR count). The van der Waals surface area contributed by atoms with Crippen LogP contribution in [0.15, 0.2) is 77.3 Å². The SMILES string of the molecule is Cc1cc(COc2ccc(F)cc2)c(C)c(C2C(C#N)=C(N)N(c3ccc(Cl)c([N+](=O)[O-])c3)C3=C2C(=O)CC(C)(C)C3)c1. The van der Waals surface area contributed by atoms with Crippen LogP contribution in [0.2, 0.25) is 5.02 Å². The molecule has 0 amide bonds. The molecular formula is C33H30ClFN4O4. The second-order valence-corrected chi connectivity index (χ2v) is 12.2. The lowest BCUT2D eigenvalue weighted by Gasteiger charge is -2.44. The first-order chi connectivity index (χ1) is 20.3. The predicted octanol–water partition coefficient (Wildman–Crippen LogP) is 7.52. The van der Waals surface area contributed by atoms with Crippen LogP contribution in [0.4, 0.5) is 15.8 Å². The van der Waals surface area contributed by atoms with Crippen LogP contribution in [0.1, 0.15) is 54.9 Å². The Morgan fingerprint density at radius 3 is 2.51 bits per heavy atom. The smallest absolute Gasteiger partial charge is 0.289 e. The molecule has 2 aliphatic rings. The number of nitro groups is 1. The Bertz CT molecular complexity index is 1770. The number of anilines is 1. The summed E-state index contributed by atoms with van der Waals surface area (Å²) in [6.07, 6.45) is 0.715. The number of carbonyl (C=O) groups is 1. The van der Waals surface area contributed by atoms with Gasteiger partial charge in [-0.15, -0.1) is 0 Å². The lowest BCUT2D eigenvalue weighted by molar-refractivity contribution is -0.384. The molecule has 1 aliphatic heterocycles. The van der Waals surface area contributed by atoms with Crippen molar-refractivity contribution in [3.63, 3.8) is 0 Å². The number of rotatable bonds is 6. The van der Waals surface area contributed by atoms with E-state index in [-0.39, 0.29) is 46.7 Å². The second-order valence-electron chi connectivity index (χ2n) is 11.8. The number of nitro benzene ring substituents is 1. The number of aryl methyl sites for hydroxylation is 1. The van der Waals surface area contributed by atoms with Gasteiger partial charge in [0.05, 0.1) is 28.2 Å². The van der Waals surface area contributed by atoms with E-state index in [1.165, 1.54) is 24.3 Å². The number of hydrogen-bond donors (Lipinski definition) is 1. The van der Waals surface area contributed by atoms with Gasteiger partial charge in [-0.3, -0.25) is 19.8 Å². The summed E-state index contributed by atoms with van der Waals surface area (Å²) < 4.78 is 19.3. The summed E-state index contributed by atoms with van der Waals surface area (Å²) in [4.78, 5) is 26.7. The first-order valence-corrected chi connectivity index (χ1v) is 14.1. The summed E-state index contributed by atoms with van der Waals surface area (Å²) in [5, 5.41) is 22.2. The molecule has 2 N–H and O–H groups in total. The number of nitriles is 1. The molecule has 0 radical (unpaired) electrons. The van der Waals surface area contributed by atoms with E-state index in [2.05, 4.69) is 6.07 Å². The Hall–Kier alpha value is -4.68. The summed E-state index contributed by atoms with van der Waals surface area (Å²) in [5.74, 6) is -0.621. The van der Waals surface area contributed by atoms with Gasteiger partial charge in [-0.2, -0.15) is 5.26 Å². The zero-order valence-corrected chi connectivity index (χ0v) is 25.0. The minimum absolute atomic E-state index is 0.0354. The first kappa shape index (κ1) is 29.8. The number of halogens is 2. The van der Waals surface area contributed by atoms with E-state index in [9.17, 15) is 24.6 Å². The highest BCUT2D eigenvalue weighted by molar-refractivity contribution is 6.32. The molecule has 1 atom stereocenters. The Kier molecular flexibility index (Phi) is 7.76. The highest BCUT2D eigenvalue weighted by Crippen LogP contribution is 2.51. The van der Waals surface area contributed by atoms with Gasteiger partial charge in [-0.05, 0) is 78.8 Å². The van der Waals surface area contributed by atoms with Gasteiger partial charge in [0.2, 0.25) is 0 Å². The minimum atomic E-state index is -0.744. The molecule has 10 heteroatoms. The number of benzene rings is 3. The molecular weight excluding hydrogens is 571 g/mol. The van der Waals surface area contributed by atoms with Crippen LogP contribution in [-0.2, 0) is 11.4 Å². The molecule has 0 fully saturated rings. The fraction of sp³-hybridized carbons (Fsp3) is 0.273. The zero-order valence-electron chi connectivity index (χ0n) is 24.2. The topological polar surface area (TPSA) is 122 Å². The Morgan fingerprint density at radius 2 is 1.86 bits per heavy atom. The number of carbonyl (C=O) groups excluding carboxylic acids is 1. The summed E-state index contributed by atoms with van der Waals surface area (Å²) in [6.45, 7) is 7.99. The second kappa shape index (κ2) is 11.2. The number of hydrogen-bond acceptors (Lipinski definition) is 7. The Labute approximate surface area is 254 Å². The maximum Gasteiger partial charge on any atom is 0.289 e. The van der Waals surface area contributed by atoms with Crippen LogP contribution in [-0.4, -0.2) is 10.7 Å². The van der Waals surface area contributed by atoms with Gasteiger partial charge in [0.25, 0.3) is 5.69 Å². The van der Waals surface area contributed by atoms with Crippen molar-refractivity contribution < 1.29 is 18.8 Å². The van der Waals surface area contributed by atoms with E-state index in [1.54, 1.807) is 23.1 Å². The van der Waals surface area contributed by atoms with Gasteiger partial charge in [0.1, 0.15) is 29.0 Å². The van der Waals surface area contributed by atoms with Gasteiger partial charge in [-0.25, -0.2) is 4.39 Å². The van der Waals surface area contributed by atoms with Crippen molar-refractivity contribution in [2.45, 2.75) is 53.1 Å². The standard InChI is InChI=1S/C33H30ClFN4O4/c1-18-11-20(17-43-23-8-5-21(35)6-9-23)19(2)24(12-18)30-25(16-36)32(37)38(22-7-10-26(34)27(13-22)39(41)42)28-14-33(3,4)15-29(40)31(28)30/h5-13,30H,14-15,17,37H2,1-4H3. The van der Waals surface area contributed by atoms with E-state index in [4.69, 9.17) is 22.1 Å². The van der Waals surface area contributed by atoms with Crippen molar-refractivity contribution in [2.24, 2.45) is 11.1 Å². The van der Waals surface area contributed by atoms with Crippen LogP contribution in [0.25, 0.3) is 0 Å². The van der Waals surface area contributed by atoms with Gasteiger partial charge in [0.15, 0.2) is 5.78 Å². The molecule has 43 heavy (non-hydrogen) atoms. The third kappa shape index (κ3) is 5.58. The monoisotopic (exact) mass is 600 g/mol. The largest absolute Gasteiger partial charge is 0.489 e. The number of ether oxygens (including phenoxy) is 1. The molecule has 0 bridgehead atoms. The number of allylic oxidation sites excluding steroid dienone is 3. The highest BCUT2D eigenvalue weighted by Gasteiger charge is 2.45. The van der Waals surface area contributed by atoms with Crippen LogP contribution >= 0.6 is 11.6 Å². The summed E-state index contributed by atoms with van der Waals surface area (Å²) in [7, 11) is 0. The number of ketones is 1. The fourth-order valence-electron chi connectivity index (χ4n) is 6.00. The number of nitrogens with zero attached hydrogens (tertiary/aromatic N) is 3. The average molecular weight is 601 g/mol. The normalized spacial score (nSPS) is 17.9. The minimum Gasteiger partial charge on any atom is -0.489 e. The van der Waals surface area contributed by atoms with Gasteiger partial charge >= 0.3 is 0 Å². The quantitative estimate of drug-likeness (QED) is 0.229. The van der Waals surface area contributed by atoms with Gasteiger partial charge in [0, 0.05) is 23.8 Å². The molecule has 1 heterocycles. The molecule has 0 spiro atoms. The Balaban J connectivity index is 1.68. The number of nitrogens with two attached hydrogens (primary N) is 1. The van der Waals surface area contributed by atoms with Crippen LogP contribution in [0.3, 0.4) is 0 Å². The van der Waals surface area contributed by atoms with Crippen LogP contribution < -0.4 is 15.4 Å². The van der Waals surface area contributed by atoms with E-state index >= 15 is 0 Å². The lowest BCUT2D eigenvalue weighted by Crippen LogP contribution is -2.42. The maximum atomic E-state index is 14.0. The highest BCUT2D eigenvalue weighted by atomic mass is 35.5. The van der Waals surface area contributed by atoms with E-state index in [1.807, 2.05) is 39.8 Å². The lowest BCUT2D eigenvalue weighted by atomic mass is 9.68. The van der Waals surface area contributed by atoms with E-state index in [0.29, 0.717) is 29.1 Å². The molecule has 3 aromatic carbocycles. The average Bonchev–Trinajstić information content (AvgIpc) is 2.93. The van der Waals surface area contributed by atoms with Crippen molar-refractivity contribution in [3.8, 4) is 11.8 Å². The van der Waals surface area contributed by atoms with E-state index < -0.39 is 16.3 Å². The van der Waals surface area contributed by atoms with Crippen LogP contribution in [0, 0.1) is 46.5 Å². The number of Topliss-reactive ketones (excluding diaryl/α,β-unsaturated/α-hetero) is 1. The molecule has 0 aromatic heterocycles. The molecule has 220 valence electrons. The molecule has 8 nitrogen and oxygen atoms in total. The summed E-state index contributed by atoms with van der Waals surface area (Å²) in [6, 6.07) is 16.2. The predicted molar refractivity (Wildman–Crippen MR) is 162 cm³/mol. The first-order valence-electron chi connectivity index (χ1n) is 13.7. The van der Waals surface area contributed by atoms with Crippen molar-refractivity contribution >= 4 is 28.8 Å².